The molecule has 0 aliphatic carbocycles. The van der Waals surface area contributed by atoms with Crippen molar-refractivity contribution in [3.05, 3.63) is 35.4 Å². The van der Waals surface area contributed by atoms with Gasteiger partial charge in [0.05, 0.1) is 0 Å². The summed E-state index contributed by atoms with van der Waals surface area (Å²) in [5, 5.41) is 0. The first-order chi connectivity index (χ1) is 7.31. The molecule has 0 saturated carbocycles. The van der Waals surface area contributed by atoms with E-state index in [1.54, 1.807) is 0 Å². The summed E-state index contributed by atoms with van der Waals surface area (Å²) < 4.78 is 14.3. The lowest BCUT2D eigenvalue weighted by molar-refractivity contribution is -0.0194. The van der Waals surface area contributed by atoms with Crippen molar-refractivity contribution in [3.8, 4) is 0 Å². The molecule has 1 heterocycles. The summed E-state index contributed by atoms with van der Waals surface area (Å²) in [7, 11) is 1.95. The average Bonchev–Trinajstić information content (AvgIpc) is 2.14. The van der Waals surface area contributed by atoms with E-state index in [2.05, 4.69) is 32.9 Å². The first kappa shape index (κ1) is 11.6. The maximum absolute atomic E-state index is 14.3. The largest absolute Gasteiger partial charge is 0.299 e. The van der Waals surface area contributed by atoms with Crippen LogP contribution in [0, 0.1) is 0 Å². The number of likely N-dealkylation sites (tertiary alicyclic amines) is 1. The third-order valence-corrected chi connectivity index (χ3v) is 3.31. The van der Waals surface area contributed by atoms with Crippen molar-refractivity contribution in [3.63, 3.8) is 0 Å². The molecule has 1 aliphatic heterocycles. The number of benzene rings is 1. The molecule has 1 nitrogen and oxygen atoms in total. The Labute approximate surface area is 97.3 Å². The minimum atomic E-state index is -1.12. The minimum absolute atomic E-state index is 0.137. The average molecular weight is 221 g/mol. The van der Waals surface area contributed by atoms with Crippen LogP contribution in [0.4, 0.5) is 4.39 Å². The Balaban J connectivity index is 2.20. The van der Waals surface area contributed by atoms with Crippen LogP contribution in [-0.4, -0.2) is 25.0 Å². The Kier molecular flexibility index (Phi) is 2.58. The third-order valence-electron chi connectivity index (χ3n) is 3.31. The molecule has 1 saturated heterocycles. The van der Waals surface area contributed by atoms with Gasteiger partial charge in [-0.1, -0.05) is 45.0 Å². The fourth-order valence-electron chi connectivity index (χ4n) is 2.26. The van der Waals surface area contributed by atoms with Crippen LogP contribution in [-0.2, 0) is 11.1 Å². The van der Waals surface area contributed by atoms with Crippen LogP contribution in [0.5, 0.6) is 0 Å². The molecule has 2 rings (SSSR count). The topological polar surface area (TPSA) is 3.24 Å². The Bertz CT molecular complexity index is 369. The standard InChI is InChI=1S/C14H20FN/c1-13(2,3)11-5-7-12(8-6-11)14(15)9-16(4)10-14/h5-8H,9-10H2,1-4H3. The number of rotatable bonds is 1. The third kappa shape index (κ3) is 1.99. The van der Waals surface area contributed by atoms with E-state index in [9.17, 15) is 4.39 Å². The fraction of sp³-hybridized carbons (Fsp3) is 0.571. The minimum Gasteiger partial charge on any atom is -0.299 e. The lowest BCUT2D eigenvalue weighted by atomic mass is 9.83. The van der Waals surface area contributed by atoms with E-state index in [-0.39, 0.29) is 5.41 Å². The highest BCUT2D eigenvalue weighted by Gasteiger charge is 2.42. The SMILES string of the molecule is CN1CC(F)(c2ccc(C(C)(C)C)cc2)C1. The van der Waals surface area contributed by atoms with Crippen molar-refractivity contribution in [1.82, 2.24) is 4.90 Å². The maximum atomic E-state index is 14.3. The molecular weight excluding hydrogens is 201 g/mol. The highest BCUT2D eigenvalue weighted by atomic mass is 19.1. The summed E-state index contributed by atoms with van der Waals surface area (Å²) >= 11 is 0. The molecular formula is C14H20FN. The predicted octanol–water partition coefficient (Wildman–Crippen LogP) is 3.09. The lowest BCUT2D eigenvalue weighted by Crippen LogP contribution is -2.54. The zero-order valence-corrected chi connectivity index (χ0v) is 10.5. The van der Waals surface area contributed by atoms with Crippen LogP contribution in [0.2, 0.25) is 0 Å². The van der Waals surface area contributed by atoms with Crippen molar-refractivity contribution >= 4 is 0 Å². The van der Waals surface area contributed by atoms with E-state index in [1.165, 1.54) is 5.56 Å². The summed E-state index contributed by atoms with van der Waals surface area (Å²) in [6.45, 7) is 7.54. The Hall–Kier alpha value is -0.890. The molecule has 0 atom stereocenters. The van der Waals surface area contributed by atoms with Crippen LogP contribution >= 0.6 is 0 Å². The van der Waals surface area contributed by atoms with Gasteiger partial charge in [0, 0.05) is 13.1 Å². The number of nitrogens with zero attached hydrogens (tertiary/aromatic N) is 1. The van der Waals surface area contributed by atoms with Gasteiger partial charge in [-0.15, -0.1) is 0 Å². The number of hydrogen-bond acceptors (Lipinski definition) is 1. The normalized spacial score (nSPS) is 20.6. The second kappa shape index (κ2) is 3.56. The number of hydrogen-bond donors (Lipinski definition) is 0. The van der Waals surface area contributed by atoms with Gasteiger partial charge >= 0.3 is 0 Å². The highest BCUT2D eigenvalue weighted by Crippen LogP contribution is 2.35. The second-order valence-electron chi connectivity index (χ2n) is 5.96. The van der Waals surface area contributed by atoms with Gasteiger partial charge in [0.2, 0.25) is 0 Å². The van der Waals surface area contributed by atoms with E-state index in [0.29, 0.717) is 13.1 Å². The summed E-state index contributed by atoms with van der Waals surface area (Å²) in [4.78, 5) is 2.00. The first-order valence-corrected chi connectivity index (χ1v) is 5.80. The number of halogens is 1. The van der Waals surface area contributed by atoms with E-state index in [0.717, 1.165) is 5.56 Å². The molecule has 1 aliphatic rings. The summed E-state index contributed by atoms with van der Waals surface area (Å²) in [5.41, 5.74) is 1.09. The maximum Gasteiger partial charge on any atom is 0.161 e. The van der Waals surface area contributed by atoms with Gasteiger partial charge in [-0.2, -0.15) is 0 Å². The van der Waals surface area contributed by atoms with Gasteiger partial charge in [-0.25, -0.2) is 4.39 Å². The van der Waals surface area contributed by atoms with Crippen molar-refractivity contribution in [2.24, 2.45) is 0 Å². The van der Waals surface area contributed by atoms with Crippen LogP contribution < -0.4 is 0 Å². The van der Waals surface area contributed by atoms with E-state index >= 15 is 0 Å². The molecule has 0 amide bonds. The highest BCUT2D eigenvalue weighted by molar-refractivity contribution is 5.32. The Morgan fingerprint density at radius 2 is 1.62 bits per heavy atom. The predicted molar refractivity (Wildman–Crippen MR) is 65.4 cm³/mol. The van der Waals surface area contributed by atoms with Crippen LogP contribution in [0.1, 0.15) is 31.9 Å². The molecule has 16 heavy (non-hydrogen) atoms. The molecule has 1 aromatic carbocycles. The summed E-state index contributed by atoms with van der Waals surface area (Å²) in [6, 6.07) is 7.98. The van der Waals surface area contributed by atoms with Crippen LogP contribution in [0.3, 0.4) is 0 Å². The molecule has 0 unspecified atom stereocenters. The smallest absolute Gasteiger partial charge is 0.161 e. The molecule has 0 spiro atoms. The second-order valence-corrected chi connectivity index (χ2v) is 5.96. The van der Waals surface area contributed by atoms with Gasteiger partial charge in [0.25, 0.3) is 0 Å². The Morgan fingerprint density at radius 1 is 1.12 bits per heavy atom. The summed E-state index contributed by atoms with van der Waals surface area (Å²) in [5.74, 6) is 0. The molecule has 1 fully saturated rings. The van der Waals surface area contributed by atoms with Gasteiger partial charge in [-0.05, 0) is 23.6 Å². The van der Waals surface area contributed by atoms with Crippen LogP contribution in [0.15, 0.2) is 24.3 Å². The molecule has 88 valence electrons. The van der Waals surface area contributed by atoms with Crippen molar-refractivity contribution in [1.29, 1.82) is 0 Å². The van der Waals surface area contributed by atoms with Crippen LogP contribution in [0.25, 0.3) is 0 Å². The molecule has 0 radical (unpaired) electrons. The van der Waals surface area contributed by atoms with Gasteiger partial charge in [-0.3, -0.25) is 4.90 Å². The zero-order valence-electron chi connectivity index (χ0n) is 10.5. The van der Waals surface area contributed by atoms with Gasteiger partial charge in [0.1, 0.15) is 0 Å². The van der Waals surface area contributed by atoms with Crippen molar-refractivity contribution < 1.29 is 4.39 Å². The number of likely N-dealkylation sites (N-methyl/N-ethyl adjacent to an activating group) is 1. The zero-order chi connectivity index (χ0) is 12.0. The molecule has 2 heteroatoms. The van der Waals surface area contributed by atoms with E-state index in [4.69, 9.17) is 0 Å². The van der Waals surface area contributed by atoms with E-state index < -0.39 is 5.67 Å². The van der Waals surface area contributed by atoms with Crippen molar-refractivity contribution in [2.75, 3.05) is 20.1 Å². The van der Waals surface area contributed by atoms with Gasteiger partial charge < -0.3 is 0 Å². The fourth-order valence-corrected chi connectivity index (χ4v) is 2.26. The molecule has 0 bridgehead atoms. The molecule has 0 N–H and O–H groups in total. The first-order valence-electron chi connectivity index (χ1n) is 5.80. The monoisotopic (exact) mass is 221 g/mol. The van der Waals surface area contributed by atoms with Gasteiger partial charge in [0.15, 0.2) is 5.67 Å². The molecule has 1 aromatic rings. The summed E-state index contributed by atoms with van der Waals surface area (Å²) in [6.07, 6.45) is 0. The molecule has 0 aromatic heterocycles. The van der Waals surface area contributed by atoms with Crippen molar-refractivity contribution in [2.45, 2.75) is 31.9 Å². The lowest BCUT2D eigenvalue weighted by Gasteiger charge is -2.42. The number of alkyl halides is 1. The van der Waals surface area contributed by atoms with E-state index in [1.807, 2.05) is 24.1 Å². The Morgan fingerprint density at radius 3 is 2.00 bits per heavy atom. The quantitative estimate of drug-likeness (QED) is 0.704.